The fourth-order valence-electron chi connectivity index (χ4n) is 4.95. The predicted molar refractivity (Wildman–Crippen MR) is 115 cm³/mol. The molecule has 1 N–H and O–H groups in total. The van der Waals surface area contributed by atoms with Crippen LogP contribution >= 0.6 is 0 Å². The Balaban J connectivity index is 1.76. The second-order valence-electron chi connectivity index (χ2n) is 7.96. The molecule has 30 heavy (non-hydrogen) atoms. The first-order valence-corrected chi connectivity index (χ1v) is 10.4. The lowest BCUT2D eigenvalue weighted by Crippen LogP contribution is -2.61. The fraction of sp³-hybridized carbons (Fsp3) is 0.348. The van der Waals surface area contributed by atoms with E-state index in [1.807, 2.05) is 65.4 Å². The van der Waals surface area contributed by atoms with Crippen LogP contribution in [0.3, 0.4) is 0 Å². The van der Waals surface area contributed by atoms with Crippen molar-refractivity contribution >= 4 is 34.8 Å². The number of ether oxygens (including phenoxy) is 1. The van der Waals surface area contributed by atoms with Crippen molar-refractivity contribution in [2.45, 2.75) is 38.8 Å². The number of carbonyl (C=O) groups excluding carboxylic acids is 2. The van der Waals surface area contributed by atoms with Gasteiger partial charge in [-0.3, -0.25) is 9.69 Å². The molecule has 1 fully saturated rings. The average Bonchev–Trinajstić information content (AvgIpc) is 3.30. The maximum Gasteiger partial charge on any atom is 0.376 e. The number of hydrazone groups is 1. The molecule has 2 atom stereocenters. The maximum atomic E-state index is 13.3. The lowest BCUT2D eigenvalue weighted by Gasteiger charge is -2.43. The summed E-state index contributed by atoms with van der Waals surface area (Å²) >= 11 is 0. The van der Waals surface area contributed by atoms with Crippen molar-refractivity contribution < 1.29 is 14.3 Å². The van der Waals surface area contributed by atoms with Crippen LogP contribution in [0.5, 0.6) is 0 Å². The topological polar surface area (TPSA) is 74.2 Å². The summed E-state index contributed by atoms with van der Waals surface area (Å²) in [5.41, 5.74) is 2.64. The number of carbonyl (C=O) groups is 2. The first kappa shape index (κ1) is 18.7. The molecule has 3 aliphatic rings. The van der Waals surface area contributed by atoms with Crippen molar-refractivity contribution in [2.75, 3.05) is 21.8 Å². The Morgan fingerprint density at radius 2 is 2.00 bits per heavy atom. The van der Waals surface area contributed by atoms with Crippen LogP contribution in [0.25, 0.3) is 0 Å². The summed E-state index contributed by atoms with van der Waals surface area (Å²) in [4.78, 5) is 28.2. The molecule has 0 unspecified atom stereocenters. The third-order valence-corrected chi connectivity index (χ3v) is 6.21. The van der Waals surface area contributed by atoms with Gasteiger partial charge in [-0.2, -0.15) is 0 Å². The van der Waals surface area contributed by atoms with Gasteiger partial charge in [-0.15, -0.1) is 5.10 Å². The number of nitrogens with one attached hydrogen (secondary N) is 1. The number of anilines is 3. The average molecular weight is 404 g/mol. The van der Waals surface area contributed by atoms with Crippen LogP contribution in [0.4, 0.5) is 17.1 Å². The van der Waals surface area contributed by atoms with Gasteiger partial charge in [0, 0.05) is 0 Å². The van der Waals surface area contributed by atoms with Gasteiger partial charge in [-0.05, 0) is 57.4 Å². The molecule has 0 saturated heterocycles. The van der Waals surface area contributed by atoms with E-state index in [9.17, 15) is 9.59 Å². The summed E-state index contributed by atoms with van der Waals surface area (Å²) < 4.78 is 5.36. The molecule has 1 amide bonds. The molecular weight excluding hydrogens is 380 g/mol. The van der Waals surface area contributed by atoms with E-state index in [4.69, 9.17) is 9.84 Å². The molecule has 0 aromatic heterocycles. The van der Waals surface area contributed by atoms with E-state index in [2.05, 4.69) is 5.32 Å². The van der Waals surface area contributed by atoms with Gasteiger partial charge in [-0.25, -0.2) is 9.80 Å². The zero-order valence-corrected chi connectivity index (χ0v) is 17.1. The third kappa shape index (κ3) is 2.54. The molecule has 154 valence electrons. The summed E-state index contributed by atoms with van der Waals surface area (Å²) in [6.07, 6.45) is 2.30. The van der Waals surface area contributed by atoms with E-state index in [0.29, 0.717) is 12.1 Å². The number of aryl methyl sites for hydroxylation is 1. The van der Waals surface area contributed by atoms with E-state index < -0.39 is 11.6 Å². The van der Waals surface area contributed by atoms with Gasteiger partial charge in [0.15, 0.2) is 5.66 Å². The van der Waals surface area contributed by atoms with Crippen molar-refractivity contribution in [3.63, 3.8) is 0 Å². The second-order valence-corrected chi connectivity index (χ2v) is 7.96. The molecule has 7 nitrogen and oxygen atoms in total. The first-order valence-electron chi connectivity index (χ1n) is 10.4. The van der Waals surface area contributed by atoms with Gasteiger partial charge in [0.05, 0.1) is 29.6 Å². The number of para-hydroxylation sites is 2. The number of hydrogen-bond donors (Lipinski definition) is 1. The van der Waals surface area contributed by atoms with Crippen molar-refractivity contribution in [3.05, 3.63) is 54.1 Å². The third-order valence-electron chi connectivity index (χ3n) is 6.21. The van der Waals surface area contributed by atoms with Crippen LogP contribution in [0.1, 0.15) is 31.7 Å². The molecule has 7 heteroatoms. The van der Waals surface area contributed by atoms with E-state index in [1.165, 1.54) is 0 Å². The predicted octanol–water partition coefficient (Wildman–Crippen LogP) is 3.65. The van der Waals surface area contributed by atoms with Crippen LogP contribution in [0.15, 0.2) is 53.6 Å². The lowest BCUT2D eigenvalue weighted by atomic mass is 9.92. The summed E-state index contributed by atoms with van der Waals surface area (Å²) in [5.74, 6) is -0.656. The minimum Gasteiger partial charge on any atom is -0.460 e. The molecular formula is C23H24N4O3. The van der Waals surface area contributed by atoms with E-state index in [0.717, 1.165) is 29.8 Å². The molecule has 2 aromatic rings. The minimum atomic E-state index is -0.784. The van der Waals surface area contributed by atoms with Crippen LogP contribution in [-0.4, -0.2) is 30.0 Å². The molecule has 2 aliphatic heterocycles. The molecule has 2 heterocycles. The highest BCUT2D eigenvalue weighted by Gasteiger charge is 2.62. The largest absolute Gasteiger partial charge is 0.460 e. The van der Waals surface area contributed by atoms with E-state index >= 15 is 0 Å². The molecule has 1 aliphatic carbocycles. The Labute approximate surface area is 175 Å². The number of hydrogen-bond acceptors (Lipinski definition) is 6. The molecule has 0 radical (unpaired) electrons. The molecule has 2 aromatic carbocycles. The lowest BCUT2D eigenvalue weighted by molar-refractivity contribution is -0.135. The Morgan fingerprint density at radius 1 is 1.23 bits per heavy atom. The number of esters is 1. The standard InChI is InChI=1S/C23H24N4O3/c1-3-30-22(29)20-25-27(16-12-10-15(2)11-13-16)23-14-6-7-17(23)21(28)24-18-8-4-5-9-19(18)26(20)23/h4-5,8-13,17H,3,6-7,14H2,1-2H3,(H,24,28)/t17-,23-/m1/s1. The summed E-state index contributed by atoms with van der Waals surface area (Å²) in [7, 11) is 0. The van der Waals surface area contributed by atoms with Crippen LogP contribution < -0.4 is 15.2 Å². The second kappa shape index (κ2) is 6.86. The zero-order chi connectivity index (χ0) is 20.9. The Hall–Kier alpha value is -3.35. The molecule has 1 spiro atoms. The Kier molecular flexibility index (Phi) is 4.27. The van der Waals surface area contributed by atoms with E-state index in [-0.39, 0.29) is 24.3 Å². The SMILES string of the molecule is CCOC(=O)C1=NN(c2ccc(C)cc2)[C@]23CCC[C@@H]2C(=O)Nc2ccccc2N13. The summed E-state index contributed by atoms with van der Waals surface area (Å²) in [5, 5.41) is 9.73. The number of amides is 1. The number of amidine groups is 1. The number of fused-ring (bicyclic) bond motifs is 2. The van der Waals surface area contributed by atoms with Gasteiger partial charge < -0.3 is 10.1 Å². The highest BCUT2D eigenvalue weighted by Crippen LogP contribution is 2.53. The number of rotatable bonds is 3. The zero-order valence-electron chi connectivity index (χ0n) is 17.1. The Morgan fingerprint density at radius 3 is 2.77 bits per heavy atom. The Bertz CT molecular complexity index is 1050. The van der Waals surface area contributed by atoms with Crippen LogP contribution in [0, 0.1) is 12.8 Å². The number of benzene rings is 2. The van der Waals surface area contributed by atoms with E-state index in [1.54, 1.807) is 6.92 Å². The van der Waals surface area contributed by atoms with Gasteiger partial charge in [0.2, 0.25) is 11.7 Å². The maximum absolute atomic E-state index is 13.3. The molecule has 0 bridgehead atoms. The van der Waals surface area contributed by atoms with Gasteiger partial charge in [0.25, 0.3) is 0 Å². The van der Waals surface area contributed by atoms with Crippen molar-refractivity contribution in [2.24, 2.45) is 11.0 Å². The fourth-order valence-corrected chi connectivity index (χ4v) is 4.95. The highest BCUT2D eigenvalue weighted by atomic mass is 16.5. The van der Waals surface area contributed by atoms with Gasteiger partial charge >= 0.3 is 5.97 Å². The van der Waals surface area contributed by atoms with Crippen molar-refractivity contribution in [3.8, 4) is 0 Å². The summed E-state index contributed by atoms with van der Waals surface area (Å²) in [6.45, 7) is 4.06. The quantitative estimate of drug-likeness (QED) is 0.791. The van der Waals surface area contributed by atoms with Crippen LogP contribution in [0.2, 0.25) is 0 Å². The molecule has 5 rings (SSSR count). The normalized spacial score (nSPS) is 24.4. The van der Waals surface area contributed by atoms with Gasteiger partial charge in [0.1, 0.15) is 0 Å². The van der Waals surface area contributed by atoms with Crippen molar-refractivity contribution in [1.82, 2.24) is 0 Å². The van der Waals surface area contributed by atoms with Gasteiger partial charge in [-0.1, -0.05) is 29.8 Å². The monoisotopic (exact) mass is 404 g/mol. The molecule has 1 saturated carbocycles. The number of nitrogens with zero attached hydrogens (tertiary/aromatic N) is 3. The summed E-state index contributed by atoms with van der Waals surface area (Å²) in [6, 6.07) is 15.6. The first-order chi connectivity index (χ1) is 14.6. The highest BCUT2D eigenvalue weighted by molar-refractivity contribution is 6.43. The minimum absolute atomic E-state index is 0.0418. The smallest absolute Gasteiger partial charge is 0.376 e. The van der Waals surface area contributed by atoms with Crippen molar-refractivity contribution in [1.29, 1.82) is 0 Å². The van der Waals surface area contributed by atoms with Crippen LogP contribution in [-0.2, 0) is 14.3 Å².